The van der Waals surface area contributed by atoms with Crippen LogP contribution >= 0.6 is 47.8 Å². The molecule has 0 fully saturated rings. The van der Waals surface area contributed by atoms with Gasteiger partial charge in [-0.3, -0.25) is 0 Å². The average molecular weight is 434 g/mol. The van der Waals surface area contributed by atoms with Gasteiger partial charge < -0.3 is 5.32 Å². The fourth-order valence-electron chi connectivity index (χ4n) is 1.56. The van der Waals surface area contributed by atoms with Gasteiger partial charge in [0, 0.05) is 25.7 Å². The number of hydrogen-bond donors (Lipinski definition) is 1. The maximum Gasteiger partial charge on any atom is 0.0401 e. The van der Waals surface area contributed by atoms with Gasteiger partial charge in [-0.2, -0.15) is 0 Å². The monoisotopic (exact) mass is 431 g/mol. The Hall–Kier alpha value is -0.320. The lowest BCUT2D eigenvalue weighted by Crippen LogP contribution is -1.99. The number of halogens is 3. The first-order valence-electron chi connectivity index (χ1n) is 5.50. The van der Waals surface area contributed by atoms with Crippen LogP contribution in [0.3, 0.4) is 0 Å². The van der Waals surface area contributed by atoms with Crippen molar-refractivity contribution in [2.45, 2.75) is 13.5 Å². The summed E-state index contributed by atoms with van der Waals surface area (Å²) in [5.41, 5.74) is 3.60. The van der Waals surface area contributed by atoms with Crippen molar-refractivity contribution in [2.24, 2.45) is 0 Å². The van der Waals surface area contributed by atoms with E-state index in [9.17, 15) is 0 Å². The second-order valence-electron chi connectivity index (χ2n) is 4.07. The maximum absolute atomic E-state index is 3.54. The van der Waals surface area contributed by atoms with E-state index in [0.717, 1.165) is 25.7 Å². The van der Waals surface area contributed by atoms with Crippen molar-refractivity contribution in [3.8, 4) is 0 Å². The van der Waals surface area contributed by atoms with Crippen LogP contribution in [0.15, 0.2) is 49.8 Å². The van der Waals surface area contributed by atoms with E-state index in [4.69, 9.17) is 0 Å². The van der Waals surface area contributed by atoms with Crippen molar-refractivity contribution >= 4 is 53.5 Å². The molecule has 0 spiro atoms. The van der Waals surface area contributed by atoms with E-state index in [-0.39, 0.29) is 0 Å². The molecular formula is C14H12Br3N. The minimum atomic E-state index is 0.807. The molecule has 1 nitrogen and oxygen atoms in total. The predicted molar refractivity (Wildman–Crippen MR) is 88.0 cm³/mol. The third-order valence-corrected chi connectivity index (χ3v) is 5.39. The molecule has 2 aromatic carbocycles. The normalized spacial score (nSPS) is 10.4. The van der Waals surface area contributed by atoms with Gasteiger partial charge in [0.1, 0.15) is 0 Å². The summed E-state index contributed by atoms with van der Waals surface area (Å²) in [6.45, 7) is 2.89. The van der Waals surface area contributed by atoms with Crippen LogP contribution in [-0.2, 0) is 6.54 Å². The van der Waals surface area contributed by atoms with E-state index < -0.39 is 0 Å². The molecule has 2 rings (SSSR count). The van der Waals surface area contributed by atoms with Crippen molar-refractivity contribution in [3.63, 3.8) is 0 Å². The van der Waals surface area contributed by atoms with E-state index >= 15 is 0 Å². The lowest BCUT2D eigenvalue weighted by molar-refractivity contribution is 1.14. The first-order valence-corrected chi connectivity index (χ1v) is 7.88. The van der Waals surface area contributed by atoms with E-state index in [0.29, 0.717) is 0 Å². The lowest BCUT2D eigenvalue weighted by Gasteiger charge is -2.09. The molecule has 0 bridgehead atoms. The Labute approximate surface area is 132 Å². The molecule has 0 aliphatic carbocycles. The Morgan fingerprint density at radius 1 is 0.889 bits per heavy atom. The van der Waals surface area contributed by atoms with Gasteiger partial charge in [0.15, 0.2) is 0 Å². The Balaban J connectivity index is 2.06. The van der Waals surface area contributed by atoms with Crippen LogP contribution in [-0.4, -0.2) is 0 Å². The summed E-state index contributed by atoms with van der Waals surface area (Å²) in [4.78, 5) is 0. The fourth-order valence-corrected chi connectivity index (χ4v) is 2.61. The summed E-state index contributed by atoms with van der Waals surface area (Å²) < 4.78 is 3.28. The van der Waals surface area contributed by atoms with Gasteiger partial charge in [-0.15, -0.1) is 0 Å². The second kappa shape index (κ2) is 6.22. The minimum Gasteiger partial charge on any atom is -0.381 e. The van der Waals surface area contributed by atoms with Crippen LogP contribution < -0.4 is 5.32 Å². The van der Waals surface area contributed by atoms with Crippen LogP contribution in [0.2, 0.25) is 0 Å². The molecule has 4 heteroatoms. The van der Waals surface area contributed by atoms with Gasteiger partial charge in [-0.05, 0) is 74.2 Å². The highest BCUT2D eigenvalue weighted by molar-refractivity contribution is 9.13. The van der Waals surface area contributed by atoms with Crippen molar-refractivity contribution < 1.29 is 0 Å². The van der Waals surface area contributed by atoms with Crippen LogP contribution in [0.25, 0.3) is 0 Å². The topological polar surface area (TPSA) is 12.0 Å². The van der Waals surface area contributed by atoms with E-state index in [1.54, 1.807) is 0 Å². The molecule has 0 amide bonds. The molecule has 0 saturated carbocycles. The van der Waals surface area contributed by atoms with Crippen LogP contribution in [0.4, 0.5) is 5.69 Å². The summed E-state index contributed by atoms with van der Waals surface area (Å²) in [6, 6.07) is 12.6. The molecule has 0 saturated heterocycles. The molecule has 0 unspecified atom stereocenters. The standard InChI is InChI=1S/C14H12Br3N/c1-9-2-4-11(7-13(9)16)18-8-10-3-5-12(15)14(17)6-10/h2-7,18H,8H2,1H3. The number of benzene rings is 2. The zero-order valence-electron chi connectivity index (χ0n) is 9.81. The summed E-state index contributed by atoms with van der Waals surface area (Å²) >= 11 is 10.5. The molecular weight excluding hydrogens is 422 g/mol. The summed E-state index contributed by atoms with van der Waals surface area (Å²) in [6.07, 6.45) is 0. The smallest absolute Gasteiger partial charge is 0.0401 e. The Kier molecular flexibility index (Phi) is 4.87. The van der Waals surface area contributed by atoms with Crippen molar-refractivity contribution in [1.29, 1.82) is 0 Å². The van der Waals surface area contributed by atoms with Gasteiger partial charge in [-0.1, -0.05) is 28.1 Å². The average Bonchev–Trinajstić information content (AvgIpc) is 2.35. The van der Waals surface area contributed by atoms with E-state index in [1.807, 2.05) is 6.07 Å². The van der Waals surface area contributed by atoms with Crippen LogP contribution in [0, 0.1) is 6.92 Å². The number of nitrogens with one attached hydrogen (secondary N) is 1. The molecule has 18 heavy (non-hydrogen) atoms. The zero-order valence-corrected chi connectivity index (χ0v) is 14.6. The molecule has 0 aliphatic heterocycles. The van der Waals surface area contributed by atoms with Crippen LogP contribution in [0.1, 0.15) is 11.1 Å². The third-order valence-electron chi connectivity index (χ3n) is 2.65. The van der Waals surface area contributed by atoms with Crippen molar-refractivity contribution in [3.05, 3.63) is 60.9 Å². The highest BCUT2D eigenvalue weighted by Gasteiger charge is 2.00. The van der Waals surface area contributed by atoms with Crippen molar-refractivity contribution in [2.75, 3.05) is 5.32 Å². The number of anilines is 1. The van der Waals surface area contributed by atoms with Gasteiger partial charge in [0.25, 0.3) is 0 Å². The molecule has 1 N–H and O–H groups in total. The molecule has 0 radical (unpaired) electrons. The first kappa shape index (κ1) is 14.1. The predicted octanol–water partition coefficient (Wildman–Crippen LogP) is 5.89. The summed E-state index contributed by atoms with van der Waals surface area (Å²) in [7, 11) is 0. The largest absolute Gasteiger partial charge is 0.381 e. The number of hydrogen-bond acceptors (Lipinski definition) is 1. The van der Waals surface area contributed by atoms with Gasteiger partial charge in [0.05, 0.1) is 0 Å². The quantitative estimate of drug-likeness (QED) is 0.635. The molecule has 0 aromatic heterocycles. The van der Waals surface area contributed by atoms with Gasteiger partial charge >= 0.3 is 0 Å². The molecule has 0 aliphatic rings. The first-order chi connectivity index (χ1) is 8.56. The molecule has 0 heterocycles. The lowest BCUT2D eigenvalue weighted by atomic mass is 10.2. The summed E-state index contributed by atoms with van der Waals surface area (Å²) in [5, 5.41) is 3.41. The highest BCUT2D eigenvalue weighted by Crippen LogP contribution is 2.25. The molecule has 94 valence electrons. The second-order valence-corrected chi connectivity index (χ2v) is 6.63. The highest BCUT2D eigenvalue weighted by atomic mass is 79.9. The third kappa shape index (κ3) is 3.59. The van der Waals surface area contributed by atoms with E-state index in [1.165, 1.54) is 11.1 Å². The van der Waals surface area contributed by atoms with E-state index in [2.05, 4.69) is 90.4 Å². The zero-order chi connectivity index (χ0) is 13.1. The number of aryl methyl sites for hydroxylation is 1. The number of rotatable bonds is 3. The SMILES string of the molecule is Cc1ccc(NCc2ccc(Br)c(Br)c2)cc1Br. The van der Waals surface area contributed by atoms with Crippen molar-refractivity contribution in [1.82, 2.24) is 0 Å². The van der Waals surface area contributed by atoms with Crippen LogP contribution in [0.5, 0.6) is 0 Å². The van der Waals surface area contributed by atoms with Gasteiger partial charge in [0.2, 0.25) is 0 Å². The van der Waals surface area contributed by atoms with Gasteiger partial charge in [-0.25, -0.2) is 0 Å². The Morgan fingerprint density at radius 3 is 2.33 bits per heavy atom. The Bertz CT molecular complexity index is 515. The fraction of sp³-hybridized carbons (Fsp3) is 0.143. The summed E-state index contributed by atoms with van der Waals surface area (Å²) in [5.74, 6) is 0. The Morgan fingerprint density at radius 2 is 1.67 bits per heavy atom. The molecule has 0 atom stereocenters. The molecule has 2 aromatic rings. The maximum atomic E-state index is 3.54. The minimum absolute atomic E-state index is 0.807.